The van der Waals surface area contributed by atoms with Gasteiger partial charge in [0.2, 0.25) is 5.82 Å². The van der Waals surface area contributed by atoms with E-state index in [-0.39, 0.29) is 5.82 Å². The Kier molecular flexibility index (Phi) is 5.07. The number of rotatable bonds is 5. The van der Waals surface area contributed by atoms with Gasteiger partial charge in [0.25, 0.3) is 5.91 Å². The molecule has 0 aliphatic carbocycles. The van der Waals surface area contributed by atoms with Crippen molar-refractivity contribution in [2.75, 3.05) is 5.32 Å². The van der Waals surface area contributed by atoms with Crippen LogP contribution in [0.3, 0.4) is 0 Å². The second kappa shape index (κ2) is 7.60. The van der Waals surface area contributed by atoms with Crippen LogP contribution in [-0.2, 0) is 6.42 Å². The predicted molar refractivity (Wildman–Crippen MR) is 93.5 cm³/mol. The third-order valence-electron chi connectivity index (χ3n) is 3.57. The van der Waals surface area contributed by atoms with Gasteiger partial charge in [-0.15, -0.1) is 0 Å². The van der Waals surface area contributed by atoms with E-state index in [2.05, 4.69) is 26.8 Å². The van der Waals surface area contributed by atoms with Crippen molar-refractivity contribution in [2.45, 2.75) is 6.42 Å². The van der Waals surface area contributed by atoms with Gasteiger partial charge in [0, 0.05) is 24.2 Å². The fourth-order valence-electron chi connectivity index (χ4n) is 2.22. The topological polar surface area (TPSA) is 67.8 Å². The number of aromatic nitrogens is 3. The van der Waals surface area contributed by atoms with E-state index in [4.69, 9.17) is 0 Å². The number of carbonyl (C=O) groups excluding carboxylic acids is 1. The summed E-state index contributed by atoms with van der Waals surface area (Å²) in [7, 11) is 0. The largest absolute Gasteiger partial charge is 0.304 e. The van der Waals surface area contributed by atoms with E-state index in [0.717, 1.165) is 17.7 Å². The molecular weight excluding hydrogens is 338 g/mol. The third kappa shape index (κ3) is 4.13. The highest BCUT2D eigenvalue weighted by molar-refractivity contribution is 6.00. The molecule has 0 radical (unpaired) electrons. The SMILES string of the molecule is C=Cc1cnc(C(=O)Nc2ccc(Cc3ccc(F)c(F)c3)cn2)nc1. The Bertz CT molecular complexity index is 941. The fourth-order valence-corrected chi connectivity index (χ4v) is 2.22. The molecule has 1 amide bonds. The fraction of sp³-hybridized carbons (Fsp3) is 0.0526. The molecule has 1 aromatic carbocycles. The van der Waals surface area contributed by atoms with E-state index >= 15 is 0 Å². The average molecular weight is 352 g/mol. The molecule has 3 aromatic rings. The zero-order valence-electron chi connectivity index (χ0n) is 13.6. The van der Waals surface area contributed by atoms with Gasteiger partial charge in [-0.25, -0.2) is 23.7 Å². The van der Waals surface area contributed by atoms with Crippen LogP contribution in [0.2, 0.25) is 0 Å². The van der Waals surface area contributed by atoms with Crippen LogP contribution in [0.25, 0.3) is 6.08 Å². The van der Waals surface area contributed by atoms with Gasteiger partial charge in [0.15, 0.2) is 11.6 Å². The number of nitrogens with zero attached hydrogens (tertiary/aromatic N) is 3. The van der Waals surface area contributed by atoms with Crippen LogP contribution in [0.4, 0.5) is 14.6 Å². The predicted octanol–water partition coefficient (Wildman–Crippen LogP) is 3.64. The first-order valence-corrected chi connectivity index (χ1v) is 7.70. The van der Waals surface area contributed by atoms with Crippen LogP contribution in [0.1, 0.15) is 27.3 Å². The second-order valence-electron chi connectivity index (χ2n) is 5.48. The summed E-state index contributed by atoms with van der Waals surface area (Å²) in [4.78, 5) is 24.1. The summed E-state index contributed by atoms with van der Waals surface area (Å²) in [6, 6.07) is 7.11. The van der Waals surface area contributed by atoms with Crippen molar-refractivity contribution in [1.82, 2.24) is 15.0 Å². The van der Waals surface area contributed by atoms with E-state index in [1.165, 1.54) is 18.5 Å². The molecule has 2 aromatic heterocycles. The maximum Gasteiger partial charge on any atom is 0.294 e. The smallest absolute Gasteiger partial charge is 0.294 e. The average Bonchev–Trinajstić information content (AvgIpc) is 2.66. The quantitative estimate of drug-likeness (QED) is 0.761. The van der Waals surface area contributed by atoms with Gasteiger partial charge in [-0.2, -0.15) is 0 Å². The van der Waals surface area contributed by atoms with Gasteiger partial charge < -0.3 is 5.32 Å². The van der Waals surface area contributed by atoms with Crippen molar-refractivity contribution in [1.29, 1.82) is 0 Å². The first kappa shape index (κ1) is 17.3. The van der Waals surface area contributed by atoms with E-state index in [1.54, 1.807) is 24.4 Å². The molecule has 0 aliphatic rings. The Morgan fingerprint density at radius 3 is 2.35 bits per heavy atom. The monoisotopic (exact) mass is 352 g/mol. The van der Waals surface area contributed by atoms with Crippen LogP contribution >= 0.6 is 0 Å². The molecule has 2 heterocycles. The van der Waals surface area contributed by atoms with Gasteiger partial charge in [0.1, 0.15) is 5.82 Å². The molecule has 1 N–H and O–H groups in total. The van der Waals surface area contributed by atoms with Crippen LogP contribution in [0.15, 0.2) is 55.5 Å². The summed E-state index contributed by atoms with van der Waals surface area (Å²) in [6.07, 6.45) is 6.51. The van der Waals surface area contributed by atoms with Crippen LogP contribution in [0, 0.1) is 11.6 Å². The molecular formula is C19H14F2N4O. The van der Waals surface area contributed by atoms with Gasteiger partial charge in [-0.1, -0.05) is 24.8 Å². The van der Waals surface area contributed by atoms with Gasteiger partial charge in [-0.3, -0.25) is 4.79 Å². The van der Waals surface area contributed by atoms with Crippen molar-refractivity contribution in [3.05, 3.63) is 89.7 Å². The summed E-state index contributed by atoms with van der Waals surface area (Å²) < 4.78 is 26.2. The van der Waals surface area contributed by atoms with E-state index < -0.39 is 17.5 Å². The molecule has 0 saturated heterocycles. The number of nitrogens with one attached hydrogen (secondary N) is 1. The normalized spacial score (nSPS) is 10.4. The number of halogens is 2. The lowest BCUT2D eigenvalue weighted by atomic mass is 10.1. The van der Waals surface area contributed by atoms with E-state index in [1.807, 2.05) is 0 Å². The summed E-state index contributed by atoms with van der Waals surface area (Å²) in [6.45, 7) is 3.59. The number of benzene rings is 1. The highest BCUT2D eigenvalue weighted by Gasteiger charge is 2.10. The van der Waals surface area contributed by atoms with Gasteiger partial charge in [0.05, 0.1) is 0 Å². The van der Waals surface area contributed by atoms with E-state index in [9.17, 15) is 13.6 Å². The lowest BCUT2D eigenvalue weighted by Gasteiger charge is -2.06. The zero-order chi connectivity index (χ0) is 18.5. The second-order valence-corrected chi connectivity index (χ2v) is 5.48. The Hall–Kier alpha value is -3.48. The minimum absolute atomic E-state index is 0.0169. The summed E-state index contributed by atoms with van der Waals surface area (Å²) in [5.74, 6) is -1.90. The molecule has 3 rings (SSSR count). The third-order valence-corrected chi connectivity index (χ3v) is 3.57. The Morgan fingerprint density at radius 2 is 1.73 bits per heavy atom. The molecule has 5 nitrogen and oxygen atoms in total. The molecule has 0 atom stereocenters. The Balaban J connectivity index is 1.65. The number of hydrogen-bond acceptors (Lipinski definition) is 4. The number of carbonyl (C=O) groups is 1. The number of anilines is 1. The first-order valence-electron chi connectivity index (χ1n) is 7.70. The molecule has 0 spiro atoms. The first-order chi connectivity index (χ1) is 12.5. The summed E-state index contributed by atoms with van der Waals surface area (Å²) in [5.41, 5.74) is 2.13. The highest BCUT2D eigenvalue weighted by atomic mass is 19.2. The minimum atomic E-state index is -0.887. The standard InChI is InChI=1S/C19H14F2N4O/c1-2-12-9-23-18(24-10-12)19(26)25-17-6-4-14(11-22-17)7-13-3-5-15(20)16(21)8-13/h2-6,8-11H,1,7H2,(H,22,25,26). The maximum absolute atomic E-state index is 13.2. The molecule has 0 saturated carbocycles. The Labute approximate surface area is 148 Å². The molecule has 0 unspecified atom stereocenters. The maximum atomic E-state index is 13.2. The summed E-state index contributed by atoms with van der Waals surface area (Å²) in [5, 5.41) is 2.59. The van der Waals surface area contributed by atoms with Crippen molar-refractivity contribution in [3.8, 4) is 0 Å². The van der Waals surface area contributed by atoms with Crippen LogP contribution < -0.4 is 5.32 Å². The van der Waals surface area contributed by atoms with E-state index in [0.29, 0.717) is 23.4 Å². The minimum Gasteiger partial charge on any atom is -0.304 e. The van der Waals surface area contributed by atoms with Crippen molar-refractivity contribution in [2.24, 2.45) is 0 Å². The zero-order valence-corrected chi connectivity index (χ0v) is 13.6. The van der Waals surface area contributed by atoms with Crippen molar-refractivity contribution < 1.29 is 13.6 Å². The molecule has 130 valence electrons. The van der Waals surface area contributed by atoms with Crippen molar-refractivity contribution >= 4 is 17.8 Å². The Morgan fingerprint density at radius 1 is 1.00 bits per heavy atom. The molecule has 0 fully saturated rings. The molecule has 0 bridgehead atoms. The number of hydrogen-bond donors (Lipinski definition) is 1. The highest BCUT2D eigenvalue weighted by Crippen LogP contribution is 2.14. The number of pyridine rings is 1. The summed E-state index contributed by atoms with van der Waals surface area (Å²) >= 11 is 0. The molecule has 26 heavy (non-hydrogen) atoms. The van der Waals surface area contributed by atoms with Crippen LogP contribution in [0.5, 0.6) is 0 Å². The lowest BCUT2D eigenvalue weighted by molar-refractivity contribution is 0.101. The number of amides is 1. The van der Waals surface area contributed by atoms with Gasteiger partial charge >= 0.3 is 0 Å². The molecule has 0 aliphatic heterocycles. The van der Waals surface area contributed by atoms with Crippen LogP contribution in [-0.4, -0.2) is 20.9 Å². The molecule has 7 heteroatoms. The van der Waals surface area contributed by atoms with Gasteiger partial charge in [-0.05, 0) is 35.7 Å². The van der Waals surface area contributed by atoms with Crippen molar-refractivity contribution in [3.63, 3.8) is 0 Å². The lowest BCUT2D eigenvalue weighted by Crippen LogP contribution is -2.16.